The molecule has 1 N–H and O–H groups in total. The summed E-state index contributed by atoms with van der Waals surface area (Å²) in [6.07, 6.45) is 0. The van der Waals surface area contributed by atoms with Crippen LogP contribution in [0.15, 0.2) is 65.5 Å². The molecule has 0 bridgehead atoms. The lowest BCUT2D eigenvalue weighted by molar-refractivity contribution is 0.102. The summed E-state index contributed by atoms with van der Waals surface area (Å²) in [6.45, 7) is 4.74. The van der Waals surface area contributed by atoms with Gasteiger partial charge in [-0.25, -0.2) is 4.52 Å². The van der Waals surface area contributed by atoms with Crippen LogP contribution < -0.4 is 10.9 Å². The van der Waals surface area contributed by atoms with Crippen LogP contribution in [0.25, 0.3) is 16.6 Å². The van der Waals surface area contributed by atoms with Crippen molar-refractivity contribution in [3.8, 4) is 0 Å². The van der Waals surface area contributed by atoms with Crippen molar-refractivity contribution >= 4 is 28.1 Å². The Labute approximate surface area is 156 Å². The van der Waals surface area contributed by atoms with Crippen LogP contribution in [0, 0.1) is 5.92 Å². The third-order valence-corrected chi connectivity index (χ3v) is 4.39. The molecule has 0 fully saturated rings. The number of hydrogen-bond donors (Lipinski definition) is 1. The first-order valence-electron chi connectivity index (χ1n) is 8.92. The summed E-state index contributed by atoms with van der Waals surface area (Å²) < 4.78 is 3.32. The van der Waals surface area contributed by atoms with Gasteiger partial charge in [-0.05, 0) is 30.2 Å². The molecule has 2 aromatic heterocycles. The van der Waals surface area contributed by atoms with Gasteiger partial charge < -0.3 is 9.88 Å². The molecular formula is C21H20N4O2. The summed E-state index contributed by atoms with van der Waals surface area (Å²) in [4.78, 5) is 25.6. The summed E-state index contributed by atoms with van der Waals surface area (Å²) in [7, 11) is 0. The number of nitrogens with zero attached hydrogens (tertiary/aromatic N) is 3. The molecule has 0 saturated heterocycles. The van der Waals surface area contributed by atoms with Crippen LogP contribution in [-0.4, -0.2) is 20.1 Å². The average molecular weight is 360 g/mol. The second kappa shape index (κ2) is 6.72. The van der Waals surface area contributed by atoms with Crippen molar-refractivity contribution in [2.45, 2.75) is 20.4 Å². The Balaban J connectivity index is 1.87. The number of fused-ring (bicyclic) bond motifs is 3. The Morgan fingerprint density at radius 2 is 1.67 bits per heavy atom. The predicted molar refractivity (Wildman–Crippen MR) is 106 cm³/mol. The fourth-order valence-electron chi connectivity index (χ4n) is 3.21. The standard InChI is InChI=1S/C21H20N4O2/c1-14(2)13-24-17-10-6-7-11-18(17)25-19(21(24)27)12-16(23-25)20(26)22-15-8-4-3-5-9-15/h3-12,14H,13H2,1-2H3,(H,22,26). The van der Waals surface area contributed by atoms with Crippen LogP contribution in [0.2, 0.25) is 0 Å². The molecule has 27 heavy (non-hydrogen) atoms. The van der Waals surface area contributed by atoms with E-state index in [0.29, 0.717) is 23.7 Å². The van der Waals surface area contributed by atoms with Gasteiger partial charge in [0.05, 0.1) is 11.0 Å². The minimum absolute atomic E-state index is 0.145. The number of amides is 1. The van der Waals surface area contributed by atoms with Crippen LogP contribution in [0.4, 0.5) is 5.69 Å². The first-order valence-corrected chi connectivity index (χ1v) is 8.92. The molecule has 0 aliphatic carbocycles. The molecule has 0 aliphatic rings. The zero-order chi connectivity index (χ0) is 19.0. The van der Waals surface area contributed by atoms with Crippen LogP contribution in [0.1, 0.15) is 24.3 Å². The maximum Gasteiger partial charge on any atom is 0.277 e. The van der Waals surface area contributed by atoms with Gasteiger partial charge in [-0.2, -0.15) is 5.10 Å². The van der Waals surface area contributed by atoms with Crippen LogP contribution >= 0.6 is 0 Å². The van der Waals surface area contributed by atoms with E-state index in [-0.39, 0.29) is 17.2 Å². The largest absolute Gasteiger partial charge is 0.321 e. The molecule has 0 radical (unpaired) electrons. The summed E-state index contributed by atoms with van der Waals surface area (Å²) in [5.41, 5.74) is 2.75. The van der Waals surface area contributed by atoms with Gasteiger partial charge in [0.15, 0.2) is 5.69 Å². The van der Waals surface area contributed by atoms with Crippen molar-refractivity contribution in [2.24, 2.45) is 5.92 Å². The van der Waals surface area contributed by atoms with Crippen LogP contribution in [0.5, 0.6) is 0 Å². The first-order chi connectivity index (χ1) is 13.0. The van der Waals surface area contributed by atoms with Crippen molar-refractivity contribution in [2.75, 3.05) is 5.32 Å². The topological polar surface area (TPSA) is 68.4 Å². The Kier molecular flexibility index (Phi) is 4.24. The molecule has 0 aliphatic heterocycles. The molecule has 6 heteroatoms. The van der Waals surface area contributed by atoms with E-state index in [1.165, 1.54) is 0 Å². The Morgan fingerprint density at radius 1 is 1.00 bits per heavy atom. The normalized spacial score (nSPS) is 11.4. The van der Waals surface area contributed by atoms with Crippen molar-refractivity contribution in [3.05, 3.63) is 76.7 Å². The number of carbonyl (C=O) groups excluding carboxylic acids is 1. The van der Waals surface area contributed by atoms with E-state index in [0.717, 1.165) is 11.0 Å². The summed E-state index contributed by atoms with van der Waals surface area (Å²) in [6, 6.07) is 18.3. The van der Waals surface area contributed by atoms with Gasteiger partial charge in [-0.1, -0.05) is 44.2 Å². The summed E-state index contributed by atoms with van der Waals surface area (Å²) in [5, 5.41) is 7.22. The summed E-state index contributed by atoms with van der Waals surface area (Å²) >= 11 is 0. The van der Waals surface area contributed by atoms with E-state index < -0.39 is 0 Å². The van der Waals surface area contributed by atoms with Crippen LogP contribution in [0.3, 0.4) is 0 Å². The highest BCUT2D eigenvalue weighted by atomic mass is 16.2. The number of para-hydroxylation sites is 3. The maximum absolute atomic E-state index is 13.0. The zero-order valence-electron chi connectivity index (χ0n) is 15.2. The zero-order valence-corrected chi connectivity index (χ0v) is 15.2. The lowest BCUT2D eigenvalue weighted by atomic mass is 10.2. The lowest BCUT2D eigenvalue weighted by Crippen LogP contribution is -2.25. The maximum atomic E-state index is 13.0. The minimum atomic E-state index is -0.344. The fraction of sp³-hybridized carbons (Fsp3) is 0.190. The molecule has 2 heterocycles. The SMILES string of the molecule is CC(C)Cn1c(=O)c2cc(C(=O)Nc3ccccc3)nn2c2ccccc21. The highest BCUT2D eigenvalue weighted by Gasteiger charge is 2.17. The fourth-order valence-corrected chi connectivity index (χ4v) is 3.21. The van der Waals surface area contributed by atoms with Gasteiger partial charge >= 0.3 is 0 Å². The van der Waals surface area contributed by atoms with E-state index in [1.54, 1.807) is 27.3 Å². The number of nitrogens with one attached hydrogen (secondary N) is 1. The molecule has 4 rings (SSSR count). The van der Waals surface area contributed by atoms with E-state index in [9.17, 15) is 9.59 Å². The Bertz CT molecular complexity index is 1190. The number of benzene rings is 2. The smallest absolute Gasteiger partial charge is 0.277 e. The summed E-state index contributed by atoms with van der Waals surface area (Å²) in [5.74, 6) is -0.0267. The minimum Gasteiger partial charge on any atom is -0.321 e. The number of hydrogen-bond acceptors (Lipinski definition) is 3. The molecular weight excluding hydrogens is 340 g/mol. The van der Waals surface area contributed by atoms with Gasteiger partial charge in [0, 0.05) is 18.3 Å². The quantitative estimate of drug-likeness (QED) is 0.605. The van der Waals surface area contributed by atoms with E-state index >= 15 is 0 Å². The molecule has 0 spiro atoms. The number of carbonyl (C=O) groups is 1. The molecule has 136 valence electrons. The Morgan fingerprint density at radius 3 is 2.37 bits per heavy atom. The van der Waals surface area contributed by atoms with Crippen molar-refractivity contribution in [1.29, 1.82) is 0 Å². The molecule has 0 unspecified atom stereocenters. The molecule has 2 aromatic carbocycles. The monoisotopic (exact) mass is 360 g/mol. The molecule has 1 amide bonds. The van der Waals surface area contributed by atoms with Gasteiger partial charge in [0.2, 0.25) is 0 Å². The molecule has 0 saturated carbocycles. The van der Waals surface area contributed by atoms with Gasteiger partial charge in [0.25, 0.3) is 11.5 Å². The van der Waals surface area contributed by atoms with Gasteiger partial charge in [-0.3, -0.25) is 9.59 Å². The number of aromatic nitrogens is 3. The third-order valence-electron chi connectivity index (χ3n) is 4.39. The van der Waals surface area contributed by atoms with E-state index in [4.69, 9.17) is 0 Å². The second-order valence-electron chi connectivity index (χ2n) is 6.95. The van der Waals surface area contributed by atoms with Gasteiger partial charge in [-0.15, -0.1) is 0 Å². The van der Waals surface area contributed by atoms with Crippen molar-refractivity contribution in [3.63, 3.8) is 0 Å². The highest BCUT2D eigenvalue weighted by Crippen LogP contribution is 2.17. The lowest BCUT2D eigenvalue weighted by Gasteiger charge is -2.13. The second-order valence-corrected chi connectivity index (χ2v) is 6.95. The molecule has 6 nitrogen and oxygen atoms in total. The Hall–Kier alpha value is -3.41. The molecule has 4 aromatic rings. The number of rotatable bonds is 4. The van der Waals surface area contributed by atoms with Crippen molar-refractivity contribution < 1.29 is 4.79 Å². The van der Waals surface area contributed by atoms with Gasteiger partial charge in [0.1, 0.15) is 5.52 Å². The third kappa shape index (κ3) is 3.10. The van der Waals surface area contributed by atoms with E-state index in [1.807, 2.05) is 42.5 Å². The van der Waals surface area contributed by atoms with Crippen molar-refractivity contribution in [1.82, 2.24) is 14.2 Å². The van der Waals surface area contributed by atoms with E-state index in [2.05, 4.69) is 24.3 Å². The van der Waals surface area contributed by atoms with Crippen LogP contribution in [-0.2, 0) is 6.54 Å². The average Bonchev–Trinajstić information content (AvgIpc) is 3.12. The number of anilines is 1. The highest BCUT2D eigenvalue weighted by molar-refractivity contribution is 6.03. The molecule has 0 atom stereocenters. The first kappa shape index (κ1) is 17.0. The predicted octanol–water partition coefficient (Wildman–Crippen LogP) is 3.56.